The van der Waals surface area contributed by atoms with Crippen LogP contribution in [-0.4, -0.2) is 25.3 Å². The van der Waals surface area contributed by atoms with Crippen molar-refractivity contribution in [2.45, 2.75) is 19.9 Å². The maximum Gasteiger partial charge on any atom is 0.196 e. The van der Waals surface area contributed by atoms with Crippen LogP contribution in [0.1, 0.15) is 35.8 Å². The Labute approximate surface area is 140 Å². The summed E-state index contributed by atoms with van der Waals surface area (Å²) in [7, 11) is 0. The molecule has 3 rings (SSSR count). The Hall–Kier alpha value is -1.79. The van der Waals surface area contributed by atoms with E-state index in [1.165, 1.54) is 12.5 Å². The van der Waals surface area contributed by atoms with E-state index in [9.17, 15) is 4.79 Å². The first-order valence-corrected chi connectivity index (χ1v) is 7.82. The van der Waals surface area contributed by atoms with Crippen molar-refractivity contribution in [3.05, 3.63) is 51.7 Å². The average Bonchev–Trinajstić information content (AvgIpc) is 2.87. The Morgan fingerprint density at radius 3 is 2.77 bits per heavy atom. The lowest BCUT2D eigenvalue weighted by Gasteiger charge is -2.07. The summed E-state index contributed by atoms with van der Waals surface area (Å²) in [5, 5.41) is 0.846. The van der Waals surface area contributed by atoms with Gasteiger partial charge in [-0.2, -0.15) is 0 Å². The fraction of sp³-hybridized carbons (Fsp3) is 0.200. The topological polar surface area (TPSA) is 60.7 Å². The van der Waals surface area contributed by atoms with Gasteiger partial charge in [-0.1, -0.05) is 11.6 Å². The van der Waals surface area contributed by atoms with Gasteiger partial charge in [0.25, 0.3) is 0 Å². The van der Waals surface area contributed by atoms with Crippen LogP contribution in [0.4, 0.5) is 0 Å². The van der Waals surface area contributed by atoms with E-state index in [4.69, 9.17) is 11.6 Å². The second kappa shape index (κ2) is 5.78. The summed E-state index contributed by atoms with van der Waals surface area (Å²) < 4.78 is 2.66. The first kappa shape index (κ1) is 15.1. The summed E-state index contributed by atoms with van der Waals surface area (Å²) in [5.74, 6) is -0.157. The maximum atomic E-state index is 12.8. The molecule has 0 radical (unpaired) electrons. The molecule has 0 atom stereocenters. The van der Waals surface area contributed by atoms with Crippen LogP contribution >= 0.6 is 27.5 Å². The predicted octanol–water partition coefficient (Wildman–Crippen LogP) is 4.05. The monoisotopic (exact) mass is 378 g/mol. The molecule has 112 valence electrons. The highest BCUT2D eigenvalue weighted by Crippen LogP contribution is 2.29. The molecule has 0 amide bonds. The number of aromatic nitrogens is 4. The molecular formula is C15H12BrClN4O. The molecule has 22 heavy (non-hydrogen) atoms. The lowest BCUT2D eigenvalue weighted by molar-refractivity contribution is 0.103. The van der Waals surface area contributed by atoms with E-state index in [2.05, 4.69) is 30.9 Å². The summed E-state index contributed by atoms with van der Waals surface area (Å²) in [6.45, 7) is 4.04. The lowest BCUT2D eigenvalue weighted by Crippen LogP contribution is -2.02. The van der Waals surface area contributed by atoms with Crippen molar-refractivity contribution in [2.75, 3.05) is 0 Å². The summed E-state index contributed by atoms with van der Waals surface area (Å²) in [6, 6.07) is 1.88. The molecule has 0 saturated carbocycles. The lowest BCUT2D eigenvalue weighted by atomic mass is 10.1. The van der Waals surface area contributed by atoms with E-state index in [0.29, 0.717) is 22.2 Å². The van der Waals surface area contributed by atoms with Gasteiger partial charge in [0.2, 0.25) is 0 Å². The number of hydrogen-bond acceptors (Lipinski definition) is 4. The number of pyridine rings is 1. The summed E-state index contributed by atoms with van der Waals surface area (Å²) >= 11 is 9.53. The zero-order valence-corrected chi connectivity index (χ0v) is 14.3. The molecule has 0 saturated heterocycles. The number of hydrogen-bond donors (Lipinski definition) is 0. The molecule has 7 heteroatoms. The standard InChI is InChI=1S/C15H12BrClN4O/c1-8(2)21-6-11(12-14(17)19-7-20-15(12)21)13(22)9-3-10(16)5-18-4-9/h3-8H,1-2H3. The molecule has 3 aromatic rings. The zero-order valence-electron chi connectivity index (χ0n) is 11.9. The fourth-order valence-corrected chi connectivity index (χ4v) is 2.90. The number of fused-ring (bicyclic) bond motifs is 1. The van der Waals surface area contributed by atoms with Crippen LogP contribution in [0.15, 0.2) is 35.5 Å². The van der Waals surface area contributed by atoms with Gasteiger partial charge in [-0.05, 0) is 35.8 Å². The predicted molar refractivity (Wildman–Crippen MR) is 88.3 cm³/mol. The molecule has 0 aliphatic rings. The van der Waals surface area contributed by atoms with E-state index in [1.54, 1.807) is 18.5 Å². The van der Waals surface area contributed by atoms with Crippen molar-refractivity contribution < 1.29 is 4.79 Å². The number of halogens is 2. The van der Waals surface area contributed by atoms with E-state index >= 15 is 0 Å². The van der Waals surface area contributed by atoms with Crippen LogP contribution in [0.3, 0.4) is 0 Å². The Balaban J connectivity index is 2.25. The van der Waals surface area contributed by atoms with Crippen LogP contribution in [0.5, 0.6) is 0 Å². The van der Waals surface area contributed by atoms with Crippen LogP contribution < -0.4 is 0 Å². The van der Waals surface area contributed by atoms with Gasteiger partial charge in [0.1, 0.15) is 17.1 Å². The number of ketones is 1. The summed E-state index contributed by atoms with van der Waals surface area (Å²) in [5.41, 5.74) is 1.62. The van der Waals surface area contributed by atoms with Crippen molar-refractivity contribution in [3.8, 4) is 0 Å². The molecule has 5 nitrogen and oxygen atoms in total. The number of rotatable bonds is 3. The Kier molecular flexibility index (Phi) is 3.97. The third-order valence-electron chi connectivity index (χ3n) is 3.33. The molecule has 0 bridgehead atoms. The Morgan fingerprint density at radius 2 is 2.09 bits per heavy atom. The molecule has 3 heterocycles. The second-order valence-corrected chi connectivity index (χ2v) is 6.40. The number of carbonyl (C=O) groups excluding carboxylic acids is 1. The smallest absolute Gasteiger partial charge is 0.196 e. The third kappa shape index (κ3) is 2.53. The van der Waals surface area contributed by atoms with Crippen LogP contribution in [-0.2, 0) is 0 Å². The highest BCUT2D eigenvalue weighted by molar-refractivity contribution is 9.10. The van der Waals surface area contributed by atoms with Gasteiger partial charge in [-0.15, -0.1) is 0 Å². The highest BCUT2D eigenvalue weighted by Gasteiger charge is 2.21. The molecule has 0 fully saturated rings. The molecule has 0 unspecified atom stereocenters. The first-order valence-electron chi connectivity index (χ1n) is 6.65. The summed E-state index contributed by atoms with van der Waals surface area (Å²) in [4.78, 5) is 25.1. The minimum Gasteiger partial charge on any atom is -0.329 e. The number of nitrogens with zero attached hydrogens (tertiary/aromatic N) is 4. The van der Waals surface area contributed by atoms with E-state index < -0.39 is 0 Å². The van der Waals surface area contributed by atoms with Crippen LogP contribution in [0.2, 0.25) is 5.15 Å². The third-order valence-corrected chi connectivity index (χ3v) is 4.05. The molecule has 0 N–H and O–H groups in total. The van der Waals surface area contributed by atoms with E-state index in [0.717, 1.165) is 4.47 Å². The van der Waals surface area contributed by atoms with E-state index in [-0.39, 0.29) is 17.0 Å². The van der Waals surface area contributed by atoms with Crippen molar-refractivity contribution in [3.63, 3.8) is 0 Å². The quantitative estimate of drug-likeness (QED) is 0.509. The van der Waals surface area contributed by atoms with Gasteiger partial charge in [-0.3, -0.25) is 9.78 Å². The largest absolute Gasteiger partial charge is 0.329 e. The Morgan fingerprint density at radius 1 is 1.32 bits per heavy atom. The van der Waals surface area contributed by atoms with Crippen molar-refractivity contribution in [1.82, 2.24) is 19.5 Å². The molecule has 0 aliphatic heterocycles. The summed E-state index contributed by atoms with van der Waals surface area (Å²) in [6.07, 6.45) is 6.34. The molecule has 0 aromatic carbocycles. The van der Waals surface area contributed by atoms with Crippen molar-refractivity contribution in [2.24, 2.45) is 0 Å². The van der Waals surface area contributed by atoms with E-state index in [1.807, 2.05) is 18.4 Å². The first-order chi connectivity index (χ1) is 10.5. The number of carbonyl (C=O) groups is 1. The molecule has 0 aliphatic carbocycles. The molecule has 0 spiro atoms. The normalized spacial score (nSPS) is 11.3. The SMILES string of the molecule is CC(C)n1cc(C(=O)c2cncc(Br)c2)c2c(Cl)ncnc21. The van der Waals surface area contributed by atoms with Crippen molar-refractivity contribution in [1.29, 1.82) is 0 Å². The van der Waals surface area contributed by atoms with Gasteiger partial charge >= 0.3 is 0 Å². The van der Waals surface area contributed by atoms with Crippen molar-refractivity contribution >= 4 is 44.3 Å². The maximum absolute atomic E-state index is 12.8. The van der Waals surface area contributed by atoms with Gasteiger partial charge in [0, 0.05) is 34.7 Å². The van der Waals surface area contributed by atoms with Gasteiger partial charge < -0.3 is 4.57 Å². The second-order valence-electron chi connectivity index (χ2n) is 5.13. The Bertz CT molecular complexity index is 875. The minimum absolute atomic E-state index is 0.149. The fourth-order valence-electron chi connectivity index (χ4n) is 2.31. The van der Waals surface area contributed by atoms with Crippen LogP contribution in [0, 0.1) is 0 Å². The van der Waals surface area contributed by atoms with Gasteiger partial charge in [0.05, 0.1) is 10.9 Å². The highest BCUT2D eigenvalue weighted by atomic mass is 79.9. The van der Waals surface area contributed by atoms with Crippen LogP contribution in [0.25, 0.3) is 11.0 Å². The molecule has 3 aromatic heterocycles. The molecular weight excluding hydrogens is 368 g/mol. The van der Waals surface area contributed by atoms with Gasteiger partial charge in [0.15, 0.2) is 5.78 Å². The zero-order chi connectivity index (χ0) is 15.9. The minimum atomic E-state index is -0.157. The average molecular weight is 380 g/mol. The van der Waals surface area contributed by atoms with Gasteiger partial charge in [-0.25, -0.2) is 9.97 Å².